The van der Waals surface area contributed by atoms with Crippen molar-refractivity contribution < 1.29 is 33.8 Å². The van der Waals surface area contributed by atoms with E-state index in [1.165, 1.54) is 4.90 Å². The highest BCUT2D eigenvalue weighted by molar-refractivity contribution is 6.00. The highest BCUT2D eigenvalue weighted by atomic mass is 16.5. The van der Waals surface area contributed by atoms with Crippen molar-refractivity contribution in [3.63, 3.8) is 0 Å². The second-order valence-electron chi connectivity index (χ2n) is 11.1. The molecule has 0 radical (unpaired) electrons. The van der Waals surface area contributed by atoms with Crippen molar-refractivity contribution in [2.24, 2.45) is 11.8 Å². The fourth-order valence-electron chi connectivity index (χ4n) is 6.49. The quantitative estimate of drug-likeness (QED) is 0.382. The minimum atomic E-state index is -1.27. The van der Waals surface area contributed by atoms with Gasteiger partial charge in [0.05, 0.1) is 24.0 Å². The van der Waals surface area contributed by atoms with Crippen LogP contribution in [0.2, 0.25) is 0 Å². The van der Waals surface area contributed by atoms with E-state index in [9.17, 15) is 24.3 Å². The second-order valence-corrected chi connectivity index (χ2v) is 11.1. The number of esters is 1. The summed E-state index contributed by atoms with van der Waals surface area (Å²) in [5.41, 5.74) is -0.504. The van der Waals surface area contributed by atoms with Crippen molar-refractivity contribution in [1.29, 1.82) is 0 Å². The lowest BCUT2D eigenvalue weighted by atomic mass is 9.74. The lowest BCUT2D eigenvalue weighted by Crippen LogP contribution is -2.56. The lowest BCUT2D eigenvalue weighted by Gasteiger charge is -2.36. The number of carbonyl (C=O) groups excluding carboxylic acids is 4. The molecule has 1 aromatic carbocycles. The third kappa shape index (κ3) is 5.55. The predicted molar refractivity (Wildman–Crippen MR) is 149 cm³/mol. The van der Waals surface area contributed by atoms with Crippen LogP contribution in [-0.2, 0) is 28.7 Å². The van der Waals surface area contributed by atoms with Crippen LogP contribution < -0.4 is 5.32 Å². The molecule has 0 unspecified atom stereocenters. The van der Waals surface area contributed by atoms with Crippen molar-refractivity contribution in [1.82, 2.24) is 15.1 Å². The molecule has 1 spiro atoms. The molecule has 5 bridgehead atoms. The van der Waals surface area contributed by atoms with Crippen molar-refractivity contribution in [3.05, 3.63) is 60.2 Å². The van der Waals surface area contributed by atoms with Gasteiger partial charge in [0.2, 0.25) is 17.7 Å². The summed E-state index contributed by atoms with van der Waals surface area (Å²) in [5, 5.41) is 12.6. The number of hydrogen-bond donors (Lipinski definition) is 2. The zero-order chi connectivity index (χ0) is 29.0. The monoisotopic (exact) mass is 565 g/mol. The summed E-state index contributed by atoms with van der Waals surface area (Å²) >= 11 is 0. The molecule has 10 heteroatoms. The summed E-state index contributed by atoms with van der Waals surface area (Å²) in [6.45, 7) is 2.86. The van der Waals surface area contributed by atoms with E-state index in [1.807, 2.05) is 49.4 Å². The maximum Gasteiger partial charge on any atom is 0.306 e. The van der Waals surface area contributed by atoms with Gasteiger partial charge in [-0.15, -0.1) is 0 Å². The molecule has 2 fully saturated rings. The first-order chi connectivity index (χ1) is 19.9. The van der Waals surface area contributed by atoms with Gasteiger partial charge in [-0.3, -0.25) is 19.2 Å². The van der Waals surface area contributed by atoms with E-state index in [2.05, 4.69) is 5.32 Å². The van der Waals surface area contributed by atoms with Crippen LogP contribution in [0.4, 0.5) is 0 Å². The van der Waals surface area contributed by atoms with E-state index in [4.69, 9.17) is 9.47 Å². The number of ether oxygens (including phenoxy) is 2. The average Bonchev–Trinajstić information content (AvgIpc) is 3.62. The zero-order valence-electron chi connectivity index (χ0n) is 23.4. The number of likely N-dealkylation sites (tertiary alicyclic amines) is 1. The number of fused-ring (bicyclic) bond motifs is 2. The van der Waals surface area contributed by atoms with Crippen LogP contribution >= 0.6 is 0 Å². The first-order valence-corrected chi connectivity index (χ1v) is 14.6. The summed E-state index contributed by atoms with van der Waals surface area (Å²) in [6.07, 6.45) is 9.23. The van der Waals surface area contributed by atoms with Gasteiger partial charge in [0.1, 0.15) is 18.2 Å². The van der Waals surface area contributed by atoms with E-state index >= 15 is 0 Å². The fraction of sp³-hybridized carbons (Fsp3) is 0.548. The molecular weight excluding hydrogens is 526 g/mol. The van der Waals surface area contributed by atoms with E-state index in [-0.39, 0.29) is 44.0 Å². The van der Waals surface area contributed by atoms with Crippen molar-refractivity contribution in [2.45, 2.75) is 62.8 Å². The number of unbranched alkanes of at least 4 members (excludes halogenated alkanes) is 1. The number of nitrogens with one attached hydrogen (secondary N) is 1. The molecule has 2 N–H and O–H groups in total. The van der Waals surface area contributed by atoms with E-state index in [0.29, 0.717) is 25.9 Å². The zero-order valence-corrected chi connectivity index (χ0v) is 23.4. The maximum absolute atomic E-state index is 14.3. The van der Waals surface area contributed by atoms with Crippen LogP contribution in [0, 0.1) is 11.8 Å². The Balaban J connectivity index is 1.53. The molecule has 4 aliphatic heterocycles. The number of allylic oxidation sites excluding steroid dienone is 1. The van der Waals surface area contributed by atoms with Crippen molar-refractivity contribution >= 4 is 23.7 Å². The Morgan fingerprint density at radius 3 is 2.61 bits per heavy atom. The highest BCUT2D eigenvalue weighted by Crippen LogP contribution is 2.55. The fourth-order valence-corrected chi connectivity index (χ4v) is 6.49. The van der Waals surface area contributed by atoms with Gasteiger partial charge >= 0.3 is 5.97 Å². The standard InChI is InChI=1S/C31H39N3O7/c1-2-3-16-33-17-9-5-8-13-24(36)40-20-22(21-11-6-4-7-12-21)32-28(37)25-23-14-15-31(41-23)26(25)29(38)34(18-10-19-35)27(31)30(33)39/h4-7,9,11-12,14-15,22-23,25-27,35H,2-3,8,10,13,16-20H2,1H3,(H,32,37)/b9-5-/t22-,23-,25+,26+,27-,31+/m1/s1. The molecular formula is C31H39N3O7. The van der Waals surface area contributed by atoms with Gasteiger partial charge in [-0.1, -0.05) is 68.0 Å². The van der Waals surface area contributed by atoms with Gasteiger partial charge in [-0.2, -0.15) is 0 Å². The Hall–Kier alpha value is -3.50. The lowest BCUT2D eigenvalue weighted by molar-refractivity contribution is -0.148. The number of rotatable bonds is 7. The Kier molecular flexibility index (Phi) is 8.89. The van der Waals surface area contributed by atoms with E-state index < -0.39 is 41.5 Å². The molecule has 0 aromatic heterocycles. The molecule has 41 heavy (non-hydrogen) atoms. The minimum absolute atomic E-state index is 0.0509. The van der Waals surface area contributed by atoms with Crippen molar-refractivity contribution in [3.8, 4) is 0 Å². The van der Waals surface area contributed by atoms with Gasteiger partial charge in [-0.25, -0.2) is 0 Å². The molecule has 0 aliphatic carbocycles. The third-order valence-electron chi connectivity index (χ3n) is 8.50. The first-order valence-electron chi connectivity index (χ1n) is 14.6. The number of hydrogen-bond acceptors (Lipinski definition) is 7. The molecule has 4 aliphatic rings. The Bertz CT molecular complexity index is 1200. The van der Waals surface area contributed by atoms with Crippen LogP contribution in [0.1, 0.15) is 50.6 Å². The first kappa shape index (κ1) is 29.0. The largest absolute Gasteiger partial charge is 0.463 e. The molecule has 2 saturated heterocycles. The Labute approximate surface area is 240 Å². The number of amides is 3. The van der Waals surface area contributed by atoms with Crippen LogP contribution in [0.15, 0.2) is 54.6 Å². The second kappa shape index (κ2) is 12.6. The van der Waals surface area contributed by atoms with E-state index in [1.54, 1.807) is 17.1 Å². The topological polar surface area (TPSA) is 125 Å². The predicted octanol–water partition coefficient (Wildman–Crippen LogP) is 1.90. The number of aliphatic hydroxyl groups is 1. The molecule has 220 valence electrons. The molecule has 5 rings (SSSR count). The summed E-state index contributed by atoms with van der Waals surface area (Å²) in [5.74, 6) is -3.08. The summed E-state index contributed by atoms with van der Waals surface area (Å²) in [4.78, 5) is 58.0. The molecule has 6 atom stereocenters. The Morgan fingerprint density at radius 2 is 1.85 bits per heavy atom. The number of carbonyl (C=O) groups is 4. The summed E-state index contributed by atoms with van der Waals surface area (Å²) in [7, 11) is 0. The van der Waals surface area contributed by atoms with Gasteiger partial charge in [0, 0.05) is 32.7 Å². The number of cyclic esters (lactones) is 1. The van der Waals surface area contributed by atoms with Gasteiger partial charge in [0.15, 0.2) is 0 Å². The van der Waals surface area contributed by atoms with Gasteiger partial charge in [0.25, 0.3) is 0 Å². The van der Waals surface area contributed by atoms with Crippen molar-refractivity contribution in [2.75, 3.05) is 32.8 Å². The maximum atomic E-state index is 14.3. The smallest absolute Gasteiger partial charge is 0.306 e. The Morgan fingerprint density at radius 1 is 1.05 bits per heavy atom. The van der Waals surface area contributed by atoms with Crippen LogP contribution in [0.3, 0.4) is 0 Å². The highest BCUT2D eigenvalue weighted by Gasteiger charge is 2.73. The van der Waals surface area contributed by atoms with Gasteiger partial charge < -0.3 is 29.7 Å². The SMILES string of the molecule is CCCCN1C/C=C\CCC(=O)OC[C@H](c2ccccc2)NC(=O)[C@@H]2[C@H]3C(=O)N(CCCO)[C@H](C1=O)[C@]31C=C[C@H]2O1. The minimum Gasteiger partial charge on any atom is -0.463 e. The summed E-state index contributed by atoms with van der Waals surface area (Å²) < 4.78 is 12.0. The molecule has 10 nitrogen and oxygen atoms in total. The average molecular weight is 566 g/mol. The molecule has 1 aromatic rings. The summed E-state index contributed by atoms with van der Waals surface area (Å²) in [6, 6.07) is 7.67. The normalized spacial score (nSPS) is 32.7. The third-order valence-corrected chi connectivity index (χ3v) is 8.50. The molecule has 0 saturated carbocycles. The van der Waals surface area contributed by atoms with Crippen LogP contribution in [0.25, 0.3) is 0 Å². The number of aliphatic hydroxyl groups excluding tert-OH is 1. The van der Waals surface area contributed by atoms with Crippen LogP contribution in [0.5, 0.6) is 0 Å². The van der Waals surface area contributed by atoms with Gasteiger partial charge in [-0.05, 0) is 24.8 Å². The van der Waals surface area contributed by atoms with Crippen LogP contribution in [-0.4, -0.2) is 89.2 Å². The number of benzene rings is 1. The molecule has 3 amide bonds. The van der Waals surface area contributed by atoms with E-state index in [0.717, 1.165) is 18.4 Å². The number of nitrogens with zero attached hydrogens (tertiary/aromatic N) is 2. The molecule has 4 heterocycles.